The summed E-state index contributed by atoms with van der Waals surface area (Å²) >= 11 is 7.56. The normalized spacial score (nSPS) is 19.6. The molecular weight excluding hydrogens is 318 g/mol. The van der Waals surface area contributed by atoms with Crippen LogP contribution in [0.4, 0.5) is 5.13 Å². The van der Waals surface area contributed by atoms with E-state index in [1.807, 2.05) is 31.2 Å². The smallest absolute Gasteiger partial charge is 0.208 e. The molecule has 0 spiro atoms. The highest BCUT2D eigenvalue weighted by atomic mass is 35.5. The van der Waals surface area contributed by atoms with Crippen molar-refractivity contribution >= 4 is 28.1 Å². The number of aliphatic hydroxyl groups is 1. The zero-order valence-corrected chi connectivity index (χ0v) is 14.1. The lowest BCUT2D eigenvalue weighted by Gasteiger charge is -2.24. The predicted molar refractivity (Wildman–Crippen MR) is 90.8 cm³/mol. The van der Waals surface area contributed by atoms with Gasteiger partial charge in [-0.15, -0.1) is 10.2 Å². The van der Waals surface area contributed by atoms with E-state index in [1.54, 1.807) is 11.3 Å². The third-order valence-corrected chi connectivity index (χ3v) is 5.17. The Morgan fingerprint density at radius 2 is 2.14 bits per heavy atom. The highest BCUT2D eigenvalue weighted by Crippen LogP contribution is 2.31. The Balaban J connectivity index is 1.69. The summed E-state index contributed by atoms with van der Waals surface area (Å²) in [7, 11) is 0. The van der Waals surface area contributed by atoms with Crippen molar-refractivity contribution in [1.29, 1.82) is 0 Å². The van der Waals surface area contributed by atoms with Crippen LogP contribution in [0.25, 0.3) is 0 Å². The van der Waals surface area contributed by atoms with Gasteiger partial charge in [0.2, 0.25) is 5.13 Å². The third-order valence-electron chi connectivity index (χ3n) is 3.96. The van der Waals surface area contributed by atoms with Gasteiger partial charge in [-0.1, -0.05) is 35.1 Å². The van der Waals surface area contributed by atoms with Crippen molar-refractivity contribution in [2.45, 2.75) is 44.8 Å². The lowest BCUT2D eigenvalue weighted by Crippen LogP contribution is -2.31. The second-order valence-electron chi connectivity index (χ2n) is 5.86. The van der Waals surface area contributed by atoms with Crippen LogP contribution in [0.5, 0.6) is 0 Å². The third kappa shape index (κ3) is 3.77. The van der Waals surface area contributed by atoms with E-state index in [-0.39, 0.29) is 6.10 Å². The van der Waals surface area contributed by atoms with E-state index >= 15 is 0 Å². The molecule has 118 valence electrons. The molecule has 6 heteroatoms. The molecule has 0 aliphatic carbocycles. The van der Waals surface area contributed by atoms with Gasteiger partial charge >= 0.3 is 0 Å². The molecule has 2 unspecified atom stereocenters. The van der Waals surface area contributed by atoms with Gasteiger partial charge < -0.3 is 10.0 Å². The second-order valence-corrected chi connectivity index (χ2v) is 7.33. The summed E-state index contributed by atoms with van der Waals surface area (Å²) in [4.78, 5) is 2.30. The van der Waals surface area contributed by atoms with E-state index in [2.05, 4.69) is 15.1 Å². The van der Waals surface area contributed by atoms with Gasteiger partial charge in [-0.3, -0.25) is 0 Å². The van der Waals surface area contributed by atoms with Crippen LogP contribution in [-0.2, 0) is 6.42 Å². The molecule has 1 aliphatic heterocycles. The monoisotopic (exact) mass is 337 g/mol. The molecule has 0 saturated carbocycles. The molecule has 2 atom stereocenters. The lowest BCUT2D eigenvalue weighted by molar-refractivity contribution is 0.175. The van der Waals surface area contributed by atoms with E-state index in [4.69, 9.17) is 11.6 Å². The molecule has 1 aromatic carbocycles. The first-order valence-corrected chi connectivity index (χ1v) is 8.83. The minimum atomic E-state index is -0.271. The molecule has 4 nitrogen and oxygen atoms in total. The highest BCUT2D eigenvalue weighted by Gasteiger charge is 2.28. The zero-order chi connectivity index (χ0) is 15.5. The zero-order valence-electron chi connectivity index (χ0n) is 12.6. The first kappa shape index (κ1) is 15.7. The van der Waals surface area contributed by atoms with Crippen LogP contribution in [0.2, 0.25) is 5.02 Å². The van der Waals surface area contributed by atoms with Gasteiger partial charge in [0.15, 0.2) is 0 Å². The standard InChI is InChI=1S/C16H20ClN3OS/c1-11(21)9-14-3-2-8-20(14)16-19-18-15(22-16)10-12-4-6-13(17)7-5-12/h4-7,11,14,21H,2-3,8-10H2,1H3. The first-order valence-electron chi connectivity index (χ1n) is 7.63. The van der Waals surface area contributed by atoms with Gasteiger partial charge in [-0.25, -0.2) is 0 Å². The summed E-state index contributed by atoms with van der Waals surface area (Å²) in [6.45, 7) is 2.86. The topological polar surface area (TPSA) is 49.2 Å². The van der Waals surface area contributed by atoms with E-state index in [0.717, 1.165) is 47.4 Å². The number of anilines is 1. The van der Waals surface area contributed by atoms with Gasteiger partial charge in [0.25, 0.3) is 0 Å². The molecule has 0 amide bonds. The molecule has 1 fully saturated rings. The Kier molecular flexibility index (Phi) is 4.96. The highest BCUT2D eigenvalue weighted by molar-refractivity contribution is 7.15. The summed E-state index contributed by atoms with van der Waals surface area (Å²) in [5, 5.41) is 21.1. The molecule has 1 saturated heterocycles. The van der Waals surface area contributed by atoms with Crippen molar-refractivity contribution < 1.29 is 5.11 Å². The molecule has 2 aromatic rings. The maximum absolute atomic E-state index is 9.63. The fourth-order valence-electron chi connectivity index (χ4n) is 2.94. The molecular formula is C16H20ClN3OS. The minimum absolute atomic E-state index is 0.271. The van der Waals surface area contributed by atoms with Gasteiger partial charge in [0.1, 0.15) is 5.01 Å². The fourth-order valence-corrected chi connectivity index (χ4v) is 4.03. The molecule has 22 heavy (non-hydrogen) atoms. The van der Waals surface area contributed by atoms with Crippen LogP contribution in [-0.4, -0.2) is 34.0 Å². The maximum atomic E-state index is 9.63. The number of hydrogen-bond acceptors (Lipinski definition) is 5. The van der Waals surface area contributed by atoms with E-state index in [9.17, 15) is 5.11 Å². The number of halogens is 1. The number of nitrogens with zero attached hydrogens (tertiary/aromatic N) is 3. The van der Waals surface area contributed by atoms with E-state index < -0.39 is 0 Å². The Labute approximate surface area is 139 Å². The lowest BCUT2D eigenvalue weighted by atomic mass is 10.1. The van der Waals surface area contributed by atoms with Crippen LogP contribution in [0.1, 0.15) is 36.8 Å². The van der Waals surface area contributed by atoms with Crippen molar-refractivity contribution in [3.8, 4) is 0 Å². The Bertz CT molecular complexity index is 614. The molecule has 1 N–H and O–H groups in total. The summed E-state index contributed by atoms with van der Waals surface area (Å²) in [6.07, 6.45) is 3.59. The van der Waals surface area contributed by atoms with Crippen molar-refractivity contribution in [1.82, 2.24) is 10.2 Å². The summed E-state index contributed by atoms with van der Waals surface area (Å²) in [5.74, 6) is 0. The summed E-state index contributed by atoms with van der Waals surface area (Å²) < 4.78 is 0. The predicted octanol–water partition coefficient (Wildman–Crippen LogP) is 3.52. The number of aliphatic hydroxyl groups excluding tert-OH is 1. The summed E-state index contributed by atoms with van der Waals surface area (Å²) in [5.41, 5.74) is 1.19. The average Bonchev–Trinajstić information content (AvgIpc) is 3.10. The van der Waals surface area contributed by atoms with Gasteiger partial charge in [-0.2, -0.15) is 0 Å². The quantitative estimate of drug-likeness (QED) is 0.906. The van der Waals surface area contributed by atoms with E-state index in [1.165, 1.54) is 5.56 Å². The minimum Gasteiger partial charge on any atom is -0.393 e. The average molecular weight is 338 g/mol. The van der Waals surface area contributed by atoms with Crippen LogP contribution < -0.4 is 4.90 Å². The molecule has 0 bridgehead atoms. The largest absolute Gasteiger partial charge is 0.393 e. The molecule has 3 rings (SSSR count). The molecule has 1 aromatic heterocycles. The van der Waals surface area contributed by atoms with Crippen LogP contribution in [0, 0.1) is 0 Å². The van der Waals surface area contributed by atoms with Crippen molar-refractivity contribution in [3.05, 3.63) is 39.9 Å². The molecule has 2 heterocycles. The second kappa shape index (κ2) is 6.94. The molecule has 0 radical (unpaired) electrons. The van der Waals surface area contributed by atoms with E-state index in [0.29, 0.717) is 6.04 Å². The van der Waals surface area contributed by atoms with Crippen molar-refractivity contribution in [2.75, 3.05) is 11.4 Å². The SMILES string of the molecule is CC(O)CC1CCCN1c1nnc(Cc2ccc(Cl)cc2)s1. The van der Waals surface area contributed by atoms with Crippen LogP contribution in [0.15, 0.2) is 24.3 Å². The van der Waals surface area contributed by atoms with Crippen LogP contribution >= 0.6 is 22.9 Å². The maximum Gasteiger partial charge on any atom is 0.208 e. The first-order chi connectivity index (χ1) is 10.6. The van der Waals surface area contributed by atoms with Crippen molar-refractivity contribution in [3.63, 3.8) is 0 Å². The number of hydrogen-bond donors (Lipinski definition) is 1. The Morgan fingerprint density at radius 3 is 2.86 bits per heavy atom. The van der Waals surface area contributed by atoms with Crippen molar-refractivity contribution in [2.24, 2.45) is 0 Å². The number of benzene rings is 1. The van der Waals surface area contributed by atoms with Gasteiger partial charge in [-0.05, 0) is 43.9 Å². The van der Waals surface area contributed by atoms with Gasteiger partial charge in [0.05, 0.1) is 6.10 Å². The summed E-state index contributed by atoms with van der Waals surface area (Å²) in [6, 6.07) is 8.23. The Hall–Kier alpha value is -1.17. The molecule has 1 aliphatic rings. The fraction of sp³-hybridized carbons (Fsp3) is 0.500. The number of rotatable bonds is 5. The van der Waals surface area contributed by atoms with Gasteiger partial charge in [0, 0.05) is 24.0 Å². The number of aromatic nitrogens is 2. The van der Waals surface area contributed by atoms with Crippen LogP contribution in [0.3, 0.4) is 0 Å². The Morgan fingerprint density at radius 1 is 1.36 bits per heavy atom.